The predicted octanol–water partition coefficient (Wildman–Crippen LogP) is 6.85. The van der Waals surface area contributed by atoms with Gasteiger partial charge in [-0.3, -0.25) is 0 Å². The summed E-state index contributed by atoms with van der Waals surface area (Å²) in [5.41, 5.74) is 0.767. The standard InChI is InChI=1S/C22H40N2/c1-6-10-12-16-22(9-4)24(17-13-14-20(5)18-23)19-21(8-3)15-11-7-2/h13-14,17,21-22H,6-12,15-16,19H2,1-5H3/b17-13+,20-14-. The summed E-state index contributed by atoms with van der Waals surface area (Å²) in [6.45, 7) is 12.2. The van der Waals surface area contributed by atoms with Gasteiger partial charge in [0.1, 0.15) is 0 Å². The van der Waals surface area contributed by atoms with Crippen molar-refractivity contribution < 1.29 is 0 Å². The second-order valence-corrected chi connectivity index (χ2v) is 6.97. The Morgan fingerprint density at radius 2 is 1.71 bits per heavy atom. The summed E-state index contributed by atoms with van der Waals surface area (Å²) < 4.78 is 0. The van der Waals surface area contributed by atoms with E-state index in [1.807, 2.05) is 13.0 Å². The number of rotatable bonds is 14. The molecule has 0 fully saturated rings. The van der Waals surface area contributed by atoms with Crippen molar-refractivity contribution in [3.05, 3.63) is 23.9 Å². The second-order valence-electron chi connectivity index (χ2n) is 6.97. The molecule has 2 atom stereocenters. The number of allylic oxidation sites excluding steroid dienone is 3. The average Bonchev–Trinajstić information content (AvgIpc) is 2.60. The molecule has 0 aliphatic heterocycles. The van der Waals surface area contributed by atoms with E-state index >= 15 is 0 Å². The van der Waals surface area contributed by atoms with Crippen molar-refractivity contribution in [3.8, 4) is 6.07 Å². The van der Waals surface area contributed by atoms with E-state index in [2.05, 4.69) is 50.9 Å². The fourth-order valence-electron chi connectivity index (χ4n) is 3.12. The molecule has 0 radical (unpaired) electrons. The van der Waals surface area contributed by atoms with Crippen LogP contribution >= 0.6 is 0 Å². The maximum absolute atomic E-state index is 8.91. The van der Waals surface area contributed by atoms with E-state index in [9.17, 15) is 0 Å². The van der Waals surface area contributed by atoms with Crippen molar-refractivity contribution in [3.63, 3.8) is 0 Å². The molecule has 0 aromatic rings. The van der Waals surface area contributed by atoms with Gasteiger partial charge in [0.25, 0.3) is 0 Å². The lowest BCUT2D eigenvalue weighted by Crippen LogP contribution is -2.34. The van der Waals surface area contributed by atoms with Crippen LogP contribution in [0.1, 0.15) is 92.4 Å². The molecular formula is C22H40N2. The molecule has 0 aliphatic rings. The highest BCUT2D eigenvalue weighted by molar-refractivity contribution is 5.22. The lowest BCUT2D eigenvalue weighted by Gasteiger charge is -2.33. The number of unbranched alkanes of at least 4 members (excludes halogenated alkanes) is 3. The van der Waals surface area contributed by atoms with Crippen molar-refractivity contribution in [2.75, 3.05) is 6.54 Å². The molecule has 2 nitrogen and oxygen atoms in total. The SMILES string of the molecule is CCCCCC(CC)N(/C=C/C=C(/C)C#N)CC(CC)CCCC. The van der Waals surface area contributed by atoms with Crippen LogP contribution in [-0.2, 0) is 0 Å². The van der Waals surface area contributed by atoms with Crippen LogP contribution in [-0.4, -0.2) is 17.5 Å². The summed E-state index contributed by atoms with van der Waals surface area (Å²) in [5, 5.41) is 8.91. The Kier molecular flexibility index (Phi) is 14.5. The van der Waals surface area contributed by atoms with Crippen LogP contribution in [0.15, 0.2) is 23.9 Å². The quantitative estimate of drug-likeness (QED) is 0.198. The molecule has 0 aromatic carbocycles. The topological polar surface area (TPSA) is 27.0 Å². The van der Waals surface area contributed by atoms with Crippen molar-refractivity contribution in [2.24, 2.45) is 5.92 Å². The second kappa shape index (κ2) is 15.3. The van der Waals surface area contributed by atoms with Crippen LogP contribution in [0.25, 0.3) is 0 Å². The third-order valence-corrected chi connectivity index (χ3v) is 4.89. The van der Waals surface area contributed by atoms with Gasteiger partial charge in [-0.25, -0.2) is 0 Å². The highest BCUT2D eigenvalue weighted by Gasteiger charge is 2.17. The summed E-state index contributed by atoms with van der Waals surface area (Å²) >= 11 is 0. The number of hydrogen-bond donors (Lipinski definition) is 0. The van der Waals surface area contributed by atoms with E-state index < -0.39 is 0 Å². The first kappa shape index (κ1) is 22.8. The largest absolute Gasteiger partial charge is 0.374 e. The molecule has 0 aliphatic carbocycles. The van der Waals surface area contributed by atoms with Gasteiger partial charge in [0.2, 0.25) is 0 Å². The molecule has 0 saturated heterocycles. The molecule has 0 aromatic heterocycles. The van der Waals surface area contributed by atoms with Gasteiger partial charge >= 0.3 is 0 Å². The molecule has 0 saturated carbocycles. The van der Waals surface area contributed by atoms with Crippen molar-refractivity contribution >= 4 is 0 Å². The zero-order valence-corrected chi connectivity index (χ0v) is 16.9. The molecular weight excluding hydrogens is 292 g/mol. The highest BCUT2D eigenvalue weighted by Crippen LogP contribution is 2.20. The van der Waals surface area contributed by atoms with E-state index in [-0.39, 0.29) is 0 Å². The van der Waals surface area contributed by atoms with E-state index in [1.165, 1.54) is 57.8 Å². The first-order chi connectivity index (χ1) is 11.6. The molecule has 0 N–H and O–H groups in total. The molecule has 0 heterocycles. The Morgan fingerprint density at radius 3 is 2.25 bits per heavy atom. The Balaban J connectivity index is 4.99. The molecule has 0 amide bonds. The van der Waals surface area contributed by atoms with E-state index in [4.69, 9.17) is 5.26 Å². The van der Waals surface area contributed by atoms with Crippen LogP contribution < -0.4 is 0 Å². The minimum Gasteiger partial charge on any atom is -0.374 e. The number of nitrogens with zero attached hydrogens (tertiary/aromatic N) is 2. The van der Waals surface area contributed by atoms with E-state index in [1.54, 1.807) is 0 Å². The summed E-state index contributed by atoms with van der Waals surface area (Å²) in [6.07, 6.45) is 17.8. The third kappa shape index (κ3) is 10.5. The van der Waals surface area contributed by atoms with Crippen molar-refractivity contribution in [1.82, 2.24) is 4.90 Å². The van der Waals surface area contributed by atoms with Gasteiger partial charge in [-0.05, 0) is 50.5 Å². The number of hydrogen-bond acceptors (Lipinski definition) is 2. The van der Waals surface area contributed by atoms with Gasteiger partial charge in [-0.1, -0.05) is 66.2 Å². The smallest absolute Gasteiger partial charge is 0.0944 e. The average molecular weight is 333 g/mol. The van der Waals surface area contributed by atoms with Crippen LogP contribution in [0.2, 0.25) is 0 Å². The Bertz CT molecular complexity index is 389. The Labute approximate surface area is 151 Å². The van der Waals surface area contributed by atoms with Gasteiger partial charge in [0.05, 0.1) is 6.07 Å². The van der Waals surface area contributed by atoms with Crippen LogP contribution in [0.4, 0.5) is 0 Å². The van der Waals surface area contributed by atoms with Crippen LogP contribution in [0, 0.1) is 17.2 Å². The normalized spacial score (nSPS) is 14.6. The summed E-state index contributed by atoms with van der Waals surface area (Å²) in [7, 11) is 0. The molecule has 2 unspecified atom stereocenters. The molecule has 2 heteroatoms. The third-order valence-electron chi connectivity index (χ3n) is 4.89. The van der Waals surface area contributed by atoms with Gasteiger partial charge in [0, 0.05) is 18.2 Å². The summed E-state index contributed by atoms with van der Waals surface area (Å²) in [4.78, 5) is 2.56. The lowest BCUT2D eigenvalue weighted by atomic mass is 9.96. The van der Waals surface area contributed by atoms with Crippen LogP contribution in [0.5, 0.6) is 0 Å². The van der Waals surface area contributed by atoms with Gasteiger partial charge < -0.3 is 4.90 Å². The molecule has 0 bridgehead atoms. The highest BCUT2D eigenvalue weighted by atomic mass is 15.1. The summed E-state index contributed by atoms with van der Waals surface area (Å²) in [5.74, 6) is 0.774. The molecule has 24 heavy (non-hydrogen) atoms. The lowest BCUT2D eigenvalue weighted by molar-refractivity contribution is 0.206. The van der Waals surface area contributed by atoms with Gasteiger partial charge in [-0.15, -0.1) is 0 Å². The number of nitriles is 1. The molecule has 138 valence electrons. The first-order valence-electron chi connectivity index (χ1n) is 10.1. The fourth-order valence-corrected chi connectivity index (χ4v) is 3.12. The van der Waals surface area contributed by atoms with E-state index in [0.29, 0.717) is 6.04 Å². The summed E-state index contributed by atoms with van der Waals surface area (Å²) in [6, 6.07) is 2.82. The van der Waals surface area contributed by atoms with Crippen LogP contribution in [0.3, 0.4) is 0 Å². The monoisotopic (exact) mass is 332 g/mol. The maximum atomic E-state index is 8.91. The van der Waals surface area contributed by atoms with Gasteiger partial charge in [-0.2, -0.15) is 5.26 Å². The van der Waals surface area contributed by atoms with Gasteiger partial charge in [0.15, 0.2) is 0 Å². The Morgan fingerprint density at radius 1 is 1.00 bits per heavy atom. The van der Waals surface area contributed by atoms with E-state index in [0.717, 1.165) is 18.0 Å². The zero-order valence-electron chi connectivity index (χ0n) is 16.9. The predicted molar refractivity (Wildman–Crippen MR) is 107 cm³/mol. The minimum absolute atomic E-state index is 0.624. The fraction of sp³-hybridized carbons (Fsp3) is 0.773. The first-order valence-corrected chi connectivity index (χ1v) is 10.1. The van der Waals surface area contributed by atoms with Crippen molar-refractivity contribution in [1.29, 1.82) is 5.26 Å². The Hall–Kier alpha value is -1.23. The molecule has 0 spiro atoms. The van der Waals surface area contributed by atoms with Crippen molar-refractivity contribution in [2.45, 2.75) is 98.4 Å². The molecule has 0 rings (SSSR count). The maximum Gasteiger partial charge on any atom is 0.0944 e. The minimum atomic E-state index is 0.624. The zero-order chi connectivity index (χ0) is 18.2.